The molecule has 1 aromatic rings. The Morgan fingerprint density at radius 3 is 2.20 bits per heavy atom. The molecule has 1 rings (SSSR count). The third kappa shape index (κ3) is 5.37. The van der Waals surface area contributed by atoms with Gasteiger partial charge in [0.25, 0.3) is 0 Å². The molecule has 132 valence electrons. The maximum Gasteiger partial charge on any atom is 0.204 e. The Balaban J connectivity index is 2.96. The molecule has 0 fully saturated rings. The number of benzene rings is 1. The summed E-state index contributed by atoms with van der Waals surface area (Å²) in [5.41, 5.74) is 1.31. The van der Waals surface area contributed by atoms with Gasteiger partial charge in [0.05, 0.1) is 33.0 Å². The maximum atomic E-state index is 5.73. The summed E-state index contributed by atoms with van der Waals surface area (Å²) < 4.78 is 26.9. The van der Waals surface area contributed by atoms with Gasteiger partial charge in [-0.2, -0.15) is 0 Å². The van der Waals surface area contributed by atoms with E-state index >= 15 is 0 Å². The Bertz CT molecular complexity index is 713. The van der Waals surface area contributed by atoms with Gasteiger partial charge in [-0.3, -0.25) is 0 Å². The van der Waals surface area contributed by atoms with Crippen molar-refractivity contribution in [2.75, 3.05) is 41.2 Å². The molecule has 5 heteroatoms. The van der Waals surface area contributed by atoms with Crippen LogP contribution >= 0.6 is 0 Å². The smallest absolute Gasteiger partial charge is 0.204 e. The van der Waals surface area contributed by atoms with Crippen molar-refractivity contribution < 1.29 is 23.7 Å². The molecule has 0 heterocycles. The van der Waals surface area contributed by atoms with Gasteiger partial charge in [0, 0.05) is 5.56 Å². The molecule has 0 bridgehead atoms. The molecular formula is C20H22O5. The van der Waals surface area contributed by atoms with Crippen molar-refractivity contribution >= 4 is 0 Å². The van der Waals surface area contributed by atoms with Crippen LogP contribution in [0.3, 0.4) is 0 Å². The third-order valence-corrected chi connectivity index (χ3v) is 3.33. The molecule has 0 saturated heterocycles. The number of hydrogen-bond acceptors (Lipinski definition) is 5. The van der Waals surface area contributed by atoms with E-state index in [1.165, 1.54) is 14.2 Å². The van der Waals surface area contributed by atoms with E-state index < -0.39 is 0 Å². The zero-order chi connectivity index (χ0) is 18.7. The molecule has 1 aromatic carbocycles. The Morgan fingerprint density at radius 1 is 0.960 bits per heavy atom. The summed E-state index contributed by atoms with van der Waals surface area (Å²) in [4.78, 5) is 0. The summed E-state index contributed by atoms with van der Waals surface area (Å²) in [7, 11) is 4.59. The molecule has 0 amide bonds. The standard InChI is InChI=1S/C20H22O5/c1-7-11-24-12-9-10-13-25-15(3)17-14-18(21-4)20(23-6)19(22-5)16(17)8-2/h1-2,14-15H,11-13H2,3-6H3/t15-/m1/s1. The van der Waals surface area contributed by atoms with Crippen LogP contribution in [0.4, 0.5) is 0 Å². The number of methoxy groups -OCH3 is 3. The lowest BCUT2D eigenvalue weighted by Crippen LogP contribution is -2.07. The zero-order valence-corrected chi connectivity index (χ0v) is 15.0. The summed E-state index contributed by atoms with van der Waals surface area (Å²) in [6.07, 6.45) is 10.4. The second kappa shape index (κ2) is 10.9. The van der Waals surface area contributed by atoms with Crippen LogP contribution in [-0.4, -0.2) is 41.2 Å². The molecule has 0 aliphatic heterocycles. The lowest BCUT2D eigenvalue weighted by Gasteiger charge is -2.20. The highest BCUT2D eigenvalue weighted by Gasteiger charge is 2.22. The molecule has 1 atom stereocenters. The summed E-state index contributed by atoms with van der Waals surface area (Å²) in [6.45, 7) is 2.60. The first kappa shape index (κ1) is 20.3. The van der Waals surface area contributed by atoms with E-state index in [0.717, 1.165) is 5.56 Å². The summed E-state index contributed by atoms with van der Waals surface area (Å²) in [5.74, 6) is 12.1. The molecule has 25 heavy (non-hydrogen) atoms. The van der Waals surface area contributed by atoms with Crippen molar-refractivity contribution in [3.63, 3.8) is 0 Å². The van der Waals surface area contributed by atoms with E-state index in [2.05, 4.69) is 23.7 Å². The van der Waals surface area contributed by atoms with Crippen LogP contribution in [0.15, 0.2) is 6.07 Å². The van der Waals surface area contributed by atoms with E-state index in [1.54, 1.807) is 13.2 Å². The van der Waals surface area contributed by atoms with Crippen LogP contribution < -0.4 is 14.2 Å². The van der Waals surface area contributed by atoms with Crippen molar-refractivity contribution in [3.8, 4) is 53.8 Å². The SMILES string of the molecule is C#CCOCC#CCO[C@H](C)c1cc(OC)c(OC)c(OC)c1C#C. The minimum Gasteiger partial charge on any atom is -0.493 e. The lowest BCUT2D eigenvalue weighted by atomic mass is 10.0. The van der Waals surface area contributed by atoms with Gasteiger partial charge in [-0.25, -0.2) is 0 Å². The average Bonchev–Trinajstić information content (AvgIpc) is 2.64. The fraction of sp³-hybridized carbons (Fsp3) is 0.400. The average molecular weight is 342 g/mol. The fourth-order valence-electron chi connectivity index (χ4n) is 2.16. The predicted molar refractivity (Wildman–Crippen MR) is 95.8 cm³/mol. The zero-order valence-electron chi connectivity index (χ0n) is 15.0. The maximum absolute atomic E-state index is 5.73. The second-order valence-corrected chi connectivity index (χ2v) is 4.76. The predicted octanol–water partition coefficient (Wildman–Crippen LogP) is 2.42. The fourth-order valence-corrected chi connectivity index (χ4v) is 2.16. The Morgan fingerprint density at radius 2 is 1.64 bits per heavy atom. The number of terminal acetylenes is 2. The number of hydrogen-bond donors (Lipinski definition) is 0. The number of rotatable bonds is 8. The van der Waals surface area contributed by atoms with Crippen LogP contribution in [0.25, 0.3) is 0 Å². The van der Waals surface area contributed by atoms with Gasteiger partial charge in [-0.15, -0.1) is 12.8 Å². The van der Waals surface area contributed by atoms with Gasteiger partial charge in [-0.1, -0.05) is 23.7 Å². The molecule has 0 N–H and O–H groups in total. The van der Waals surface area contributed by atoms with Crippen LogP contribution in [0.2, 0.25) is 0 Å². The van der Waals surface area contributed by atoms with Gasteiger partial charge in [0.1, 0.15) is 19.8 Å². The molecule has 0 radical (unpaired) electrons. The van der Waals surface area contributed by atoms with Gasteiger partial charge >= 0.3 is 0 Å². The molecular weight excluding hydrogens is 320 g/mol. The largest absolute Gasteiger partial charge is 0.493 e. The molecule has 0 spiro atoms. The highest BCUT2D eigenvalue weighted by molar-refractivity contribution is 5.64. The first-order chi connectivity index (χ1) is 12.1. The van der Waals surface area contributed by atoms with Crippen molar-refractivity contribution in [2.45, 2.75) is 13.0 Å². The first-order valence-electron chi connectivity index (χ1n) is 7.52. The second-order valence-electron chi connectivity index (χ2n) is 4.76. The Kier molecular flexibility index (Phi) is 8.83. The van der Waals surface area contributed by atoms with E-state index in [-0.39, 0.29) is 25.9 Å². The highest BCUT2D eigenvalue weighted by Crippen LogP contribution is 2.43. The van der Waals surface area contributed by atoms with Crippen molar-refractivity contribution in [1.29, 1.82) is 0 Å². The number of ether oxygens (including phenoxy) is 5. The van der Waals surface area contributed by atoms with Gasteiger partial charge in [-0.05, 0) is 13.0 Å². The summed E-state index contributed by atoms with van der Waals surface area (Å²) in [5, 5.41) is 0. The first-order valence-corrected chi connectivity index (χ1v) is 7.52. The van der Waals surface area contributed by atoms with Gasteiger partial charge < -0.3 is 23.7 Å². The summed E-state index contributed by atoms with van der Waals surface area (Å²) in [6, 6.07) is 1.78. The van der Waals surface area contributed by atoms with Crippen LogP contribution in [-0.2, 0) is 9.47 Å². The van der Waals surface area contributed by atoms with E-state index in [4.69, 9.17) is 36.5 Å². The minimum absolute atomic E-state index is 0.223. The molecule has 0 aliphatic rings. The quantitative estimate of drug-likeness (QED) is 0.536. The van der Waals surface area contributed by atoms with Gasteiger partial charge in [0.15, 0.2) is 11.5 Å². The monoisotopic (exact) mass is 342 g/mol. The van der Waals surface area contributed by atoms with E-state index in [0.29, 0.717) is 22.8 Å². The molecule has 0 aromatic heterocycles. The normalized spacial score (nSPS) is 10.6. The van der Waals surface area contributed by atoms with E-state index in [1.807, 2.05) is 6.92 Å². The van der Waals surface area contributed by atoms with Crippen LogP contribution in [0.5, 0.6) is 17.2 Å². The van der Waals surface area contributed by atoms with Crippen molar-refractivity contribution in [2.24, 2.45) is 0 Å². The Labute approximate surface area is 149 Å². The minimum atomic E-state index is -0.319. The molecule has 0 saturated carbocycles. The Hall–Kier alpha value is -2.78. The highest BCUT2D eigenvalue weighted by atomic mass is 16.5. The molecule has 5 nitrogen and oxygen atoms in total. The van der Waals surface area contributed by atoms with Crippen molar-refractivity contribution in [3.05, 3.63) is 17.2 Å². The van der Waals surface area contributed by atoms with Crippen LogP contribution in [0.1, 0.15) is 24.2 Å². The molecule has 0 unspecified atom stereocenters. The summed E-state index contributed by atoms with van der Waals surface area (Å²) >= 11 is 0. The van der Waals surface area contributed by atoms with Gasteiger partial charge in [0.2, 0.25) is 5.75 Å². The van der Waals surface area contributed by atoms with E-state index in [9.17, 15) is 0 Å². The van der Waals surface area contributed by atoms with Crippen LogP contribution in [0, 0.1) is 36.5 Å². The lowest BCUT2D eigenvalue weighted by molar-refractivity contribution is 0.0917. The molecule has 0 aliphatic carbocycles. The topological polar surface area (TPSA) is 46.2 Å². The van der Waals surface area contributed by atoms with Crippen molar-refractivity contribution in [1.82, 2.24) is 0 Å². The third-order valence-electron chi connectivity index (χ3n) is 3.33.